The van der Waals surface area contributed by atoms with Gasteiger partial charge in [-0.1, -0.05) is 12.5 Å². The van der Waals surface area contributed by atoms with Crippen LogP contribution in [-0.4, -0.2) is 27.1 Å². The van der Waals surface area contributed by atoms with E-state index < -0.39 is 6.09 Å². The lowest BCUT2D eigenvalue weighted by atomic mass is 9.98. The SMILES string of the molecule is Cc1ncc(-c2ccc3[nH]c(=O)ncc3c2)cc1NC(=O)OC1CCCCC1. The number of carbonyl (C=O) groups excluding carboxylic acids is 1. The van der Waals surface area contributed by atoms with Crippen LogP contribution in [0.4, 0.5) is 10.5 Å². The second kappa shape index (κ2) is 7.80. The van der Waals surface area contributed by atoms with Crippen molar-refractivity contribution in [1.29, 1.82) is 0 Å². The predicted octanol–water partition coefficient (Wildman–Crippen LogP) is 4.17. The van der Waals surface area contributed by atoms with Crippen LogP contribution in [0, 0.1) is 6.92 Å². The number of fused-ring (bicyclic) bond motifs is 1. The van der Waals surface area contributed by atoms with E-state index in [-0.39, 0.29) is 11.8 Å². The summed E-state index contributed by atoms with van der Waals surface area (Å²) in [5, 5.41) is 3.65. The summed E-state index contributed by atoms with van der Waals surface area (Å²) >= 11 is 0. The smallest absolute Gasteiger partial charge is 0.411 e. The second-order valence-corrected chi connectivity index (χ2v) is 7.14. The van der Waals surface area contributed by atoms with Crippen molar-refractivity contribution >= 4 is 22.7 Å². The Kier molecular flexibility index (Phi) is 5.06. The molecule has 7 heteroatoms. The number of aryl methyl sites for hydroxylation is 1. The van der Waals surface area contributed by atoms with E-state index >= 15 is 0 Å². The average molecular weight is 378 g/mol. The van der Waals surface area contributed by atoms with E-state index in [2.05, 4.69) is 20.3 Å². The summed E-state index contributed by atoms with van der Waals surface area (Å²) in [5.74, 6) is 0. The zero-order valence-electron chi connectivity index (χ0n) is 15.7. The summed E-state index contributed by atoms with van der Waals surface area (Å²) in [4.78, 5) is 34.5. The minimum atomic E-state index is -0.436. The Balaban J connectivity index is 1.55. The fraction of sp³-hybridized carbons (Fsp3) is 0.333. The molecule has 0 atom stereocenters. The number of rotatable bonds is 3. The van der Waals surface area contributed by atoms with Gasteiger partial charge in [-0.25, -0.2) is 14.6 Å². The molecule has 1 amide bonds. The van der Waals surface area contributed by atoms with Gasteiger partial charge in [0, 0.05) is 23.3 Å². The molecule has 2 aromatic heterocycles. The highest BCUT2D eigenvalue weighted by Crippen LogP contribution is 2.27. The Morgan fingerprint density at radius 2 is 1.93 bits per heavy atom. The lowest BCUT2D eigenvalue weighted by Gasteiger charge is -2.22. The number of H-pyrrole nitrogens is 1. The largest absolute Gasteiger partial charge is 0.446 e. The Morgan fingerprint density at radius 3 is 2.75 bits per heavy atom. The molecule has 1 fully saturated rings. The standard InChI is InChI=1S/C21H22N4O3/c1-13-19(25-21(27)28-17-5-3-2-4-6-17)10-15(11-22-13)14-7-8-18-16(9-14)12-23-20(26)24-18/h7-12,17H,2-6H2,1H3,(H,25,27)(H,23,24,26). The minimum absolute atomic E-state index is 0.000316. The molecule has 2 heterocycles. The van der Waals surface area contributed by atoms with Crippen molar-refractivity contribution in [3.8, 4) is 11.1 Å². The molecule has 1 aromatic carbocycles. The number of aromatic nitrogens is 3. The predicted molar refractivity (Wildman–Crippen MR) is 107 cm³/mol. The molecule has 0 radical (unpaired) electrons. The van der Waals surface area contributed by atoms with Gasteiger partial charge >= 0.3 is 11.8 Å². The first-order valence-electron chi connectivity index (χ1n) is 9.52. The Bertz CT molecular complexity index is 1070. The lowest BCUT2D eigenvalue weighted by molar-refractivity contribution is 0.0865. The van der Waals surface area contributed by atoms with Gasteiger partial charge in [0.1, 0.15) is 6.10 Å². The summed E-state index contributed by atoms with van der Waals surface area (Å²) in [6.07, 6.45) is 8.14. The van der Waals surface area contributed by atoms with Crippen molar-refractivity contribution in [2.75, 3.05) is 5.32 Å². The molecule has 0 spiro atoms. The van der Waals surface area contributed by atoms with Crippen LogP contribution in [-0.2, 0) is 4.74 Å². The number of amides is 1. The number of pyridine rings is 1. The van der Waals surface area contributed by atoms with Crippen LogP contribution in [0.2, 0.25) is 0 Å². The van der Waals surface area contributed by atoms with E-state index in [0.29, 0.717) is 5.69 Å². The molecule has 3 aromatic rings. The third-order valence-electron chi connectivity index (χ3n) is 5.10. The van der Waals surface area contributed by atoms with Crippen molar-refractivity contribution in [2.45, 2.75) is 45.1 Å². The maximum atomic E-state index is 12.3. The van der Waals surface area contributed by atoms with Crippen molar-refractivity contribution in [3.05, 3.63) is 52.8 Å². The molecule has 144 valence electrons. The summed E-state index contributed by atoms with van der Waals surface area (Å²) in [6, 6.07) is 7.53. The van der Waals surface area contributed by atoms with Crippen molar-refractivity contribution in [3.63, 3.8) is 0 Å². The average Bonchev–Trinajstić information content (AvgIpc) is 2.70. The molecule has 7 nitrogen and oxygen atoms in total. The van der Waals surface area contributed by atoms with Gasteiger partial charge in [0.25, 0.3) is 0 Å². The van der Waals surface area contributed by atoms with Gasteiger partial charge < -0.3 is 9.72 Å². The molecule has 0 aliphatic heterocycles. The highest BCUT2D eigenvalue weighted by atomic mass is 16.6. The number of anilines is 1. The van der Waals surface area contributed by atoms with Crippen molar-refractivity contribution < 1.29 is 9.53 Å². The summed E-state index contributed by atoms with van der Waals surface area (Å²) in [7, 11) is 0. The van der Waals surface area contributed by atoms with Crippen molar-refractivity contribution in [2.24, 2.45) is 0 Å². The fourth-order valence-electron chi connectivity index (χ4n) is 3.53. The quantitative estimate of drug-likeness (QED) is 0.713. The molecular formula is C21H22N4O3. The summed E-state index contributed by atoms with van der Waals surface area (Å²) in [6.45, 7) is 1.84. The number of aromatic amines is 1. The monoisotopic (exact) mass is 378 g/mol. The lowest BCUT2D eigenvalue weighted by Crippen LogP contribution is -2.24. The Morgan fingerprint density at radius 1 is 1.11 bits per heavy atom. The van der Waals surface area contributed by atoms with Gasteiger partial charge in [-0.05, 0) is 56.4 Å². The third-order valence-corrected chi connectivity index (χ3v) is 5.10. The van der Waals surface area contributed by atoms with E-state index in [4.69, 9.17) is 4.74 Å². The number of carbonyl (C=O) groups is 1. The molecule has 28 heavy (non-hydrogen) atoms. The van der Waals surface area contributed by atoms with E-state index in [9.17, 15) is 9.59 Å². The van der Waals surface area contributed by atoms with Gasteiger partial charge in [-0.3, -0.25) is 10.3 Å². The van der Waals surface area contributed by atoms with Gasteiger partial charge in [-0.15, -0.1) is 0 Å². The normalized spacial score (nSPS) is 14.8. The van der Waals surface area contributed by atoms with Gasteiger partial charge in [0.15, 0.2) is 0 Å². The van der Waals surface area contributed by atoms with Crippen molar-refractivity contribution in [1.82, 2.24) is 15.0 Å². The number of nitrogens with one attached hydrogen (secondary N) is 2. The van der Waals surface area contributed by atoms with Crippen LogP contribution in [0.1, 0.15) is 37.8 Å². The Hall–Kier alpha value is -3.22. The topological polar surface area (TPSA) is 97.0 Å². The van der Waals surface area contributed by atoms with Crippen LogP contribution in [0.25, 0.3) is 22.0 Å². The van der Waals surface area contributed by atoms with Gasteiger partial charge in [0.2, 0.25) is 0 Å². The molecular weight excluding hydrogens is 356 g/mol. The molecule has 0 unspecified atom stereocenters. The van der Waals surface area contributed by atoms with E-state index in [1.807, 2.05) is 31.2 Å². The maximum absolute atomic E-state index is 12.3. The fourth-order valence-corrected chi connectivity index (χ4v) is 3.53. The molecule has 0 saturated heterocycles. The number of ether oxygens (including phenoxy) is 1. The second-order valence-electron chi connectivity index (χ2n) is 7.14. The van der Waals surface area contributed by atoms with Gasteiger partial charge in [-0.2, -0.15) is 0 Å². The highest BCUT2D eigenvalue weighted by Gasteiger charge is 2.18. The molecule has 2 N–H and O–H groups in total. The first kappa shape index (κ1) is 18.2. The van der Waals surface area contributed by atoms with E-state index in [0.717, 1.165) is 53.4 Å². The number of benzene rings is 1. The zero-order valence-corrected chi connectivity index (χ0v) is 15.7. The first-order chi connectivity index (χ1) is 13.6. The van der Waals surface area contributed by atoms with Crippen LogP contribution >= 0.6 is 0 Å². The number of nitrogens with zero attached hydrogens (tertiary/aromatic N) is 2. The minimum Gasteiger partial charge on any atom is -0.446 e. The van der Waals surface area contributed by atoms with E-state index in [1.165, 1.54) is 6.42 Å². The third kappa shape index (κ3) is 4.03. The van der Waals surface area contributed by atoms with Gasteiger partial charge in [0.05, 0.1) is 16.9 Å². The molecule has 4 rings (SSSR count). The van der Waals surface area contributed by atoms with Crippen LogP contribution < -0.4 is 11.0 Å². The van der Waals surface area contributed by atoms with Crippen LogP contribution in [0.5, 0.6) is 0 Å². The summed E-state index contributed by atoms with van der Waals surface area (Å²) in [5.41, 5.74) is 3.46. The van der Waals surface area contributed by atoms with E-state index in [1.54, 1.807) is 12.4 Å². The Labute approximate surface area is 162 Å². The number of hydrogen-bond acceptors (Lipinski definition) is 5. The molecule has 0 bridgehead atoms. The molecule has 1 aliphatic rings. The summed E-state index contributed by atoms with van der Waals surface area (Å²) < 4.78 is 5.54. The first-order valence-corrected chi connectivity index (χ1v) is 9.52. The molecule has 1 aliphatic carbocycles. The highest BCUT2D eigenvalue weighted by molar-refractivity contribution is 5.88. The maximum Gasteiger partial charge on any atom is 0.411 e. The number of hydrogen-bond donors (Lipinski definition) is 2. The van der Waals surface area contributed by atoms with Crippen LogP contribution in [0.15, 0.2) is 41.5 Å². The zero-order chi connectivity index (χ0) is 19.5. The van der Waals surface area contributed by atoms with Crippen LogP contribution in [0.3, 0.4) is 0 Å². The molecule has 1 saturated carbocycles.